The molecule has 0 saturated heterocycles. The van der Waals surface area contributed by atoms with E-state index in [2.05, 4.69) is 20.9 Å². The van der Waals surface area contributed by atoms with E-state index in [1.807, 2.05) is 42.6 Å². The summed E-state index contributed by atoms with van der Waals surface area (Å²) in [4.78, 5) is 16.5. The molecular formula is C14H11BrN2OS2. The minimum absolute atomic E-state index is 0.0440. The van der Waals surface area contributed by atoms with Crippen LogP contribution in [0.3, 0.4) is 0 Å². The summed E-state index contributed by atoms with van der Waals surface area (Å²) >= 11 is 10.3. The van der Waals surface area contributed by atoms with Crippen molar-refractivity contribution >= 4 is 49.7 Å². The highest BCUT2D eigenvalue weighted by Gasteiger charge is 2.14. The van der Waals surface area contributed by atoms with Gasteiger partial charge in [-0.1, -0.05) is 28.1 Å². The lowest BCUT2D eigenvalue weighted by Crippen LogP contribution is -2.25. The largest absolute Gasteiger partial charge is 0.323 e. The molecule has 0 aliphatic heterocycles. The third-order valence-electron chi connectivity index (χ3n) is 3.27. The molecule has 1 N–H and O–H groups in total. The number of aromatic amines is 1. The highest BCUT2D eigenvalue weighted by atomic mass is 79.9. The molecule has 6 heteroatoms. The first-order valence-electron chi connectivity index (χ1n) is 6.05. The van der Waals surface area contributed by atoms with Gasteiger partial charge in [0.2, 0.25) is 0 Å². The minimum Gasteiger partial charge on any atom is -0.323 e. The van der Waals surface area contributed by atoms with E-state index in [1.165, 1.54) is 11.3 Å². The number of benzene rings is 1. The first-order valence-corrected chi connectivity index (χ1v) is 8.13. The standard InChI is InChI=1S/C14H11BrN2OS2/c1-8(9-3-2-4-10(15)7-9)17-13(18)11-5-6-20-12(11)16-14(17)19/h2-8H,1H3,(H,16,19). The number of nitrogens with zero attached hydrogens (tertiary/aromatic N) is 1. The van der Waals surface area contributed by atoms with Crippen LogP contribution in [-0.4, -0.2) is 9.55 Å². The predicted octanol–water partition coefficient (Wildman–Crippen LogP) is 4.49. The Hall–Kier alpha value is -1.24. The molecule has 1 aromatic carbocycles. The molecule has 102 valence electrons. The summed E-state index contributed by atoms with van der Waals surface area (Å²) in [5.41, 5.74) is 0.994. The Kier molecular flexibility index (Phi) is 3.62. The maximum Gasteiger partial charge on any atom is 0.263 e. The number of halogens is 1. The Labute approximate surface area is 133 Å². The van der Waals surface area contributed by atoms with Crippen LogP contribution in [0.5, 0.6) is 0 Å². The van der Waals surface area contributed by atoms with Gasteiger partial charge < -0.3 is 4.98 Å². The van der Waals surface area contributed by atoms with Gasteiger partial charge >= 0.3 is 0 Å². The molecule has 2 aromatic heterocycles. The molecule has 2 heterocycles. The van der Waals surface area contributed by atoms with Crippen LogP contribution in [0.4, 0.5) is 0 Å². The molecule has 3 rings (SSSR count). The van der Waals surface area contributed by atoms with Crippen LogP contribution < -0.4 is 5.56 Å². The number of nitrogens with one attached hydrogen (secondary N) is 1. The second-order valence-corrected chi connectivity index (χ2v) is 6.72. The van der Waals surface area contributed by atoms with Crippen LogP contribution in [0.15, 0.2) is 45.0 Å². The van der Waals surface area contributed by atoms with Crippen LogP contribution >= 0.6 is 39.5 Å². The third-order valence-corrected chi connectivity index (χ3v) is 4.89. The monoisotopic (exact) mass is 366 g/mol. The lowest BCUT2D eigenvalue weighted by atomic mass is 10.1. The van der Waals surface area contributed by atoms with Crippen LogP contribution in [0, 0.1) is 4.77 Å². The molecule has 3 nitrogen and oxygen atoms in total. The lowest BCUT2D eigenvalue weighted by Gasteiger charge is -2.16. The van der Waals surface area contributed by atoms with Crippen molar-refractivity contribution in [2.75, 3.05) is 0 Å². The summed E-state index contributed by atoms with van der Waals surface area (Å²) in [6.07, 6.45) is 0. The van der Waals surface area contributed by atoms with E-state index in [9.17, 15) is 4.79 Å². The van der Waals surface area contributed by atoms with Crippen LogP contribution in [0.25, 0.3) is 10.2 Å². The van der Waals surface area contributed by atoms with Crippen molar-refractivity contribution in [1.29, 1.82) is 0 Å². The quantitative estimate of drug-likeness (QED) is 0.678. The maximum atomic E-state index is 12.6. The number of H-pyrrole nitrogens is 1. The molecule has 0 aliphatic carbocycles. The normalized spacial score (nSPS) is 12.7. The number of thiophene rings is 1. The molecule has 0 spiro atoms. The van der Waals surface area contributed by atoms with E-state index >= 15 is 0 Å². The first-order chi connectivity index (χ1) is 9.58. The van der Waals surface area contributed by atoms with Gasteiger partial charge in [0.1, 0.15) is 4.83 Å². The highest BCUT2D eigenvalue weighted by Crippen LogP contribution is 2.22. The first kappa shape index (κ1) is 13.7. The molecular weight excluding hydrogens is 356 g/mol. The molecule has 0 saturated carbocycles. The number of hydrogen-bond donors (Lipinski definition) is 1. The van der Waals surface area contributed by atoms with Crippen molar-refractivity contribution in [3.8, 4) is 0 Å². The van der Waals surface area contributed by atoms with Crippen molar-refractivity contribution in [2.24, 2.45) is 0 Å². The summed E-state index contributed by atoms with van der Waals surface area (Å²) in [7, 11) is 0. The summed E-state index contributed by atoms with van der Waals surface area (Å²) in [5, 5.41) is 2.58. The summed E-state index contributed by atoms with van der Waals surface area (Å²) in [5.74, 6) is 0. The Balaban J connectivity index is 2.24. The summed E-state index contributed by atoms with van der Waals surface area (Å²) < 4.78 is 3.07. The van der Waals surface area contributed by atoms with E-state index in [1.54, 1.807) is 4.57 Å². The summed E-state index contributed by atoms with van der Waals surface area (Å²) in [6, 6.07) is 9.63. The van der Waals surface area contributed by atoms with E-state index in [0.717, 1.165) is 14.9 Å². The number of rotatable bonds is 2. The van der Waals surface area contributed by atoms with Gasteiger partial charge in [0.05, 0.1) is 11.4 Å². The van der Waals surface area contributed by atoms with Gasteiger partial charge in [-0.15, -0.1) is 11.3 Å². The molecule has 0 bridgehead atoms. The highest BCUT2D eigenvalue weighted by molar-refractivity contribution is 9.10. The predicted molar refractivity (Wildman–Crippen MR) is 89.2 cm³/mol. The van der Waals surface area contributed by atoms with Gasteiger partial charge in [-0.25, -0.2) is 0 Å². The Morgan fingerprint density at radius 3 is 2.95 bits per heavy atom. The van der Waals surface area contributed by atoms with Crippen LogP contribution in [-0.2, 0) is 0 Å². The molecule has 20 heavy (non-hydrogen) atoms. The zero-order valence-electron chi connectivity index (χ0n) is 10.6. The average molecular weight is 367 g/mol. The Morgan fingerprint density at radius 2 is 2.20 bits per heavy atom. The molecule has 0 radical (unpaired) electrons. The number of hydrogen-bond acceptors (Lipinski definition) is 3. The van der Waals surface area contributed by atoms with Crippen molar-refractivity contribution in [1.82, 2.24) is 9.55 Å². The third kappa shape index (κ3) is 2.28. The number of fused-ring (bicyclic) bond motifs is 1. The molecule has 3 aromatic rings. The average Bonchev–Trinajstić information content (AvgIpc) is 2.87. The van der Waals surface area contributed by atoms with E-state index in [4.69, 9.17) is 12.2 Å². The fourth-order valence-corrected chi connectivity index (χ4v) is 3.82. The number of aromatic nitrogens is 2. The second kappa shape index (κ2) is 5.27. The molecule has 0 fully saturated rings. The SMILES string of the molecule is CC(c1cccc(Br)c1)n1c(=S)[nH]c2sccc2c1=O. The van der Waals surface area contributed by atoms with Crippen LogP contribution in [0.2, 0.25) is 0 Å². The molecule has 0 aliphatic rings. The van der Waals surface area contributed by atoms with Crippen molar-refractivity contribution < 1.29 is 0 Å². The maximum absolute atomic E-state index is 12.6. The van der Waals surface area contributed by atoms with Crippen LogP contribution in [0.1, 0.15) is 18.5 Å². The smallest absolute Gasteiger partial charge is 0.263 e. The fraction of sp³-hybridized carbons (Fsp3) is 0.143. The lowest BCUT2D eigenvalue weighted by molar-refractivity contribution is 0.600. The minimum atomic E-state index is -0.118. The van der Waals surface area contributed by atoms with E-state index in [0.29, 0.717) is 10.2 Å². The van der Waals surface area contributed by atoms with Gasteiger partial charge in [-0.05, 0) is 48.3 Å². The fourth-order valence-electron chi connectivity index (χ4n) is 2.22. The van der Waals surface area contributed by atoms with Gasteiger partial charge in [0.25, 0.3) is 5.56 Å². The van der Waals surface area contributed by atoms with E-state index in [-0.39, 0.29) is 11.6 Å². The van der Waals surface area contributed by atoms with Gasteiger partial charge in [0.15, 0.2) is 4.77 Å². The van der Waals surface area contributed by atoms with Gasteiger partial charge in [-0.2, -0.15) is 0 Å². The van der Waals surface area contributed by atoms with Gasteiger partial charge in [-0.3, -0.25) is 9.36 Å². The van der Waals surface area contributed by atoms with Crippen molar-refractivity contribution in [2.45, 2.75) is 13.0 Å². The summed E-state index contributed by atoms with van der Waals surface area (Å²) in [6.45, 7) is 1.98. The molecule has 1 unspecified atom stereocenters. The zero-order chi connectivity index (χ0) is 14.3. The Bertz CT molecular complexity index is 894. The zero-order valence-corrected chi connectivity index (χ0v) is 13.8. The van der Waals surface area contributed by atoms with Crippen molar-refractivity contribution in [3.05, 3.63) is 60.9 Å². The van der Waals surface area contributed by atoms with E-state index < -0.39 is 0 Å². The topological polar surface area (TPSA) is 37.8 Å². The van der Waals surface area contributed by atoms with Gasteiger partial charge in [0, 0.05) is 4.47 Å². The molecule has 1 atom stereocenters. The molecule has 0 amide bonds. The second-order valence-electron chi connectivity index (χ2n) is 4.50. The van der Waals surface area contributed by atoms with Crippen molar-refractivity contribution in [3.63, 3.8) is 0 Å². The Morgan fingerprint density at radius 1 is 1.40 bits per heavy atom.